The summed E-state index contributed by atoms with van der Waals surface area (Å²) in [7, 11) is 0. The maximum absolute atomic E-state index is 10.6. The molecule has 0 amide bonds. The van der Waals surface area contributed by atoms with Crippen LogP contribution >= 0.6 is 22.6 Å². The molecular weight excluding hydrogens is 279 g/mol. The van der Waals surface area contributed by atoms with E-state index in [4.69, 9.17) is 0 Å². The number of carbonyl (C=O) groups is 2. The van der Waals surface area contributed by atoms with Crippen LogP contribution in [0.15, 0.2) is 18.2 Å². The molecule has 1 rings (SSSR count). The monoisotopic (exact) mass is 288 g/mol. The highest BCUT2D eigenvalue weighted by molar-refractivity contribution is 14.1. The van der Waals surface area contributed by atoms with E-state index in [0.717, 1.165) is 21.7 Å². The normalized spacial score (nSPS) is 12.2. The second-order valence-electron chi connectivity index (χ2n) is 2.82. The Morgan fingerprint density at radius 3 is 2.62 bits per heavy atom. The SMILES string of the molecule is CC(C=O)c1cc(I)ccc1C=O. The van der Waals surface area contributed by atoms with E-state index in [2.05, 4.69) is 22.6 Å². The number of hydrogen-bond donors (Lipinski definition) is 0. The standard InChI is InChI=1S/C10H9IO2/c1-7(5-12)10-4-9(11)3-2-8(10)6-13/h2-7H,1H3. The summed E-state index contributed by atoms with van der Waals surface area (Å²) in [6.07, 6.45) is 1.63. The summed E-state index contributed by atoms with van der Waals surface area (Å²) in [4.78, 5) is 21.2. The molecule has 1 unspecified atom stereocenters. The summed E-state index contributed by atoms with van der Waals surface area (Å²) < 4.78 is 1.03. The lowest BCUT2D eigenvalue weighted by Crippen LogP contribution is -2.00. The second-order valence-corrected chi connectivity index (χ2v) is 4.06. The molecule has 0 aliphatic rings. The van der Waals surface area contributed by atoms with Crippen LogP contribution in [0.3, 0.4) is 0 Å². The molecule has 68 valence electrons. The Balaban J connectivity index is 3.22. The van der Waals surface area contributed by atoms with Gasteiger partial charge in [0.1, 0.15) is 12.6 Å². The van der Waals surface area contributed by atoms with Crippen molar-refractivity contribution in [2.75, 3.05) is 0 Å². The molecular formula is C10H9IO2. The van der Waals surface area contributed by atoms with Crippen molar-refractivity contribution in [2.45, 2.75) is 12.8 Å². The van der Waals surface area contributed by atoms with E-state index in [1.54, 1.807) is 13.0 Å². The molecule has 1 atom stereocenters. The van der Waals surface area contributed by atoms with Crippen molar-refractivity contribution < 1.29 is 9.59 Å². The Kier molecular flexibility index (Phi) is 3.59. The molecule has 0 bridgehead atoms. The average Bonchev–Trinajstić information content (AvgIpc) is 2.16. The lowest BCUT2D eigenvalue weighted by atomic mass is 9.98. The molecule has 0 aliphatic heterocycles. The highest BCUT2D eigenvalue weighted by Crippen LogP contribution is 2.19. The number of aldehydes is 2. The van der Waals surface area contributed by atoms with Crippen LogP contribution in [0.1, 0.15) is 28.8 Å². The molecule has 0 N–H and O–H groups in total. The first-order valence-corrected chi connectivity index (χ1v) is 4.97. The van der Waals surface area contributed by atoms with E-state index in [-0.39, 0.29) is 5.92 Å². The maximum Gasteiger partial charge on any atom is 0.150 e. The second kappa shape index (κ2) is 4.50. The van der Waals surface area contributed by atoms with Gasteiger partial charge >= 0.3 is 0 Å². The number of rotatable bonds is 3. The molecule has 0 radical (unpaired) electrons. The smallest absolute Gasteiger partial charge is 0.150 e. The fourth-order valence-corrected chi connectivity index (χ4v) is 1.64. The third-order valence-corrected chi connectivity index (χ3v) is 2.54. The Morgan fingerprint density at radius 1 is 1.38 bits per heavy atom. The number of carbonyl (C=O) groups excluding carboxylic acids is 2. The first kappa shape index (κ1) is 10.4. The van der Waals surface area contributed by atoms with E-state index < -0.39 is 0 Å². The van der Waals surface area contributed by atoms with Crippen LogP contribution in [0.2, 0.25) is 0 Å². The fraction of sp³-hybridized carbons (Fsp3) is 0.200. The van der Waals surface area contributed by atoms with E-state index in [1.165, 1.54) is 0 Å². The molecule has 1 aromatic rings. The molecule has 0 heterocycles. The van der Waals surface area contributed by atoms with E-state index in [1.807, 2.05) is 12.1 Å². The summed E-state index contributed by atoms with van der Waals surface area (Å²) in [6, 6.07) is 5.46. The summed E-state index contributed by atoms with van der Waals surface area (Å²) in [5.74, 6) is -0.213. The summed E-state index contributed by atoms with van der Waals surface area (Å²) in [5.41, 5.74) is 1.40. The quantitative estimate of drug-likeness (QED) is 0.632. The lowest BCUT2D eigenvalue weighted by molar-refractivity contribution is -0.108. The van der Waals surface area contributed by atoms with Crippen LogP contribution in [-0.4, -0.2) is 12.6 Å². The van der Waals surface area contributed by atoms with Gasteiger partial charge in [0, 0.05) is 15.1 Å². The molecule has 2 nitrogen and oxygen atoms in total. The number of benzene rings is 1. The average molecular weight is 288 g/mol. The van der Waals surface area contributed by atoms with Crippen LogP contribution in [0.4, 0.5) is 0 Å². The molecule has 0 fully saturated rings. The largest absolute Gasteiger partial charge is 0.303 e. The molecule has 3 heteroatoms. The van der Waals surface area contributed by atoms with Crippen molar-refractivity contribution in [3.05, 3.63) is 32.9 Å². The van der Waals surface area contributed by atoms with Gasteiger partial charge in [-0.3, -0.25) is 4.79 Å². The molecule has 0 saturated carbocycles. The van der Waals surface area contributed by atoms with E-state index in [0.29, 0.717) is 5.56 Å². The van der Waals surface area contributed by atoms with Crippen molar-refractivity contribution in [3.8, 4) is 0 Å². The van der Waals surface area contributed by atoms with E-state index in [9.17, 15) is 9.59 Å². The molecule has 0 spiro atoms. The summed E-state index contributed by atoms with van der Waals surface area (Å²) in [5, 5.41) is 0. The van der Waals surface area contributed by atoms with Gasteiger partial charge < -0.3 is 4.79 Å². The molecule has 13 heavy (non-hydrogen) atoms. The van der Waals surface area contributed by atoms with Gasteiger partial charge in [-0.25, -0.2) is 0 Å². The van der Waals surface area contributed by atoms with Crippen molar-refractivity contribution in [1.29, 1.82) is 0 Å². The van der Waals surface area contributed by atoms with Crippen molar-refractivity contribution in [2.24, 2.45) is 0 Å². The minimum Gasteiger partial charge on any atom is -0.303 e. The van der Waals surface area contributed by atoms with Gasteiger partial charge in [0.05, 0.1) is 0 Å². The third kappa shape index (κ3) is 2.37. The minimum absolute atomic E-state index is 0.213. The summed E-state index contributed by atoms with van der Waals surface area (Å²) >= 11 is 2.16. The van der Waals surface area contributed by atoms with Crippen molar-refractivity contribution in [1.82, 2.24) is 0 Å². The third-order valence-electron chi connectivity index (χ3n) is 1.87. The number of halogens is 1. The van der Waals surface area contributed by atoms with Crippen LogP contribution in [0.25, 0.3) is 0 Å². The molecule has 0 aliphatic carbocycles. The van der Waals surface area contributed by atoms with Crippen LogP contribution < -0.4 is 0 Å². The van der Waals surface area contributed by atoms with Gasteiger partial charge in [-0.15, -0.1) is 0 Å². The van der Waals surface area contributed by atoms with E-state index >= 15 is 0 Å². The Hall–Kier alpha value is -0.710. The zero-order valence-corrected chi connectivity index (χ0v) is 9.32. The van der Waals surface area contributed by atoms with Gasteiger partial charge in [-0.05, 0) is 40.3 Å². The topological polar surface area (TPSA) is 34.1 Å². The Morgan fingerprint density at radius 2 is 2.08 bits per heavy atom. The highest BCUT2D eigenvalue weighted by Gasteiger charge is 2.09. The van der Waals surface area contributed by atoms with Crippen LogP contribution in [0.5, 0.6) is 0 Å². The van der Waals surface area contributed by atoms with Gasteiger partial charge in [0.2, 0.25) is 0 Å². The maximum atomic E-state index is 10.6. The minimum atomic E-state index is -0.213. The van der Waals surface area contributed by atoms with Gasteiger partial charge in [-0.1, -0.05) is 13.0 Å². The van der Waals surface area contributed by atoms with Crippen molar-refractivity contribution >= 4 is 35.2 Å². The zero-order chi connectivity index (χ0) is 9.84. The number of hydrogen-bond acceptors (Lipinski definition) is 2. The van der Waals surface area contributed by atoms with Gasteiger partial charge in [0.15, 0.2) is 0 Å². The van der Waals surface area contributed by atoms with Gasteiger partial charge in [0.25, 0.3) is 0 Å². The Labute approximate surface area is 90.5 Å². The summed E-state index contributed by atoms with van der Waals surface area (Å²) in [6.45, 7) is 1.78. The fourth-order valence-electron chi connectivity index (χ4n) is 1.12. The lowest BCUT2D eigenvalue weighted by Gasteiger charge is -2.07. The molecule has 0 aromatic heterocycles. The predicted octanol–water partition coefficient (Wildman–Crippen LogP) is 2.41. The molecule has 0 saturated heterocycles. The van der Waals surface area contributed by atoms with Gasteiger partial charge in [-0.2, -0.15) is 0 Å². The zero-order valence-electron chi connectivity index (χ0n) is 7.16. The van der Waals surface area contributed by atoms with Crippen molar-refractivity contribution in [3.63, 3.8) is 0 Å². The predicted molar refractivity (Wildman–Crippen MR) is 59.0 cm³/mol. The highest BCUT2D eigenvalue weighted by atomic mass is 127. The molecule has 1 aromatic carbocycles. The van der Waals surface area contributed by atoms with Crippen LogP contribution in [0, 0.1) is 3.57 Å². The van der Waals surface area contributed by atoms with Crippen LogP contribution in [-0.2, 0) is 4.79 Å². The Bertz CT molecular complexity index is 334. The first-order valence-electron chi connectivity index (χ1n) is 3.89. The first-order chi connectivity index (χ1) is 6.19.